The second-order valence-electron chi connectivity index (χ2n) is 4.37. The molecule has 0 radical (unpaired) electrons. The number of nitrogens with one attached hydrogen (secondary N) is 2. The first-order valence-electron chi connectivity index (χ1n) is 6.85. The zero-order chi connectivity index (χ0) is 14.8. The van der Waals surface area contributed by atoms with Crippen LogP contribution in [-0.4, -0.2) is 31.5 Å². The lowest BCUT2D eigenvalue weighted by molar-refractivity contribution is -0.122. The molecular weight excluding hydrogens is 256 g/mol. The van der Waals surface area contributed by atoms with Gasteiger partial charge in [0.25, 0.3) is 0 Å². The van der Waals surface area contributed by atoms with Gasteiger partial charge in [-0.15, -0.1) is 0 Å². The molecule has 0 aliphatic rings. The highest BCUT2D eigenvalue weighted by atomic mass is 16.5. The van der Waals surface area contributed by atoms with Crippen molar-refractivity contribution in [1.82, 2.24) is 10.6 Å². The predicted molar refractivity (Wildman–Crippen MR) is 77.6 cm³/mol. The minimum atomic E-state index is -0.0927. The molecule has 2 N–H and O–H groups in total. The van der Waals surface area contributed by atoms with Gasteiger partial charge in [-0.25, -0.2) is 0 Å². The van der Waals surface area contributed by atoms with Crippen LogP contribution in [0.15, 0.2) is 24.3 Å². The van der Waals surface area contributed by atoms with Gasteiger partial charge in [0.15, 0.2) is 0 Å². The number of aryl methyl sites for hydroxylation is 1. The zero-order valence-electron chi connectivity index (χ0n) is 12.1. The van der Waals surface area contributed by atoms with E-state index in [0.29, 0.717) is 32.5 Å². The van der Waals surface area contributed by atoms with E-state index < -0.39 is 0 Å². The SMILES string of the molecule is CCOc1ccccc1CCC(=O)NCCNC(C)=O. The van der Waals surface area contributed by atoms with Crippen molar-refractivity contribution in [2.45, 2.75) is 26.7 Å². The van der Waals surface area contributed by atoms with Crippen molar-refractivity contribution in [2.24, 2.45) is 0 Å². The van der Waals surface area contributed by atoms with Crippen molar-refractivity contribution in [2.75, 3.05) is 19.7 Å². The van der Waals surface area contributed by atoms with E-state index in [0.717, 1.165) is 11.3 Å². The van der Waals surface area contributed by atoms with Crippen LogP contribution >= 0.6 is 0 Å². The topological polar surface area (TPSA) is 67.4 Å². The molecule has 20 heavy (non-hydrogen) atoms. The molecule has 1 aromatic rings. The van der Waals surface area contributed by atoms with Crippen molar-refractivity contribution in [3.63, 3.8) is 0 Å². The normalized spacial score (nSPS) is 9.90. The van der Waals surface area contributed by atoms with Crippen molar-refractivity contribution in [3.05, 3.63) is 29.8 Å². The molecule has 2 amide bonds. The Labute approximate surface area is 119 Å². The van der Waals surface area contributed by atoms with E-state index >= 15 is 0 Å². The van der Waals surface area contributed by atoms with Crippen molar-refractivity contribution < 1.29 is 14.3 Å². The largest absolute Gasteiger partial charge is 0.494 e. The van der Waals surface area contributed by atoms with Crippen LogP contribution in [0, 0.1) is 0 Å². The minimum absolute atomic E-state index is 0.0262. The molecule has 5 heteroatoms. The molecule has 110 valence electrons. The van der Waals surface area contributed by atoms with Crippen molar-refractivity contribution >= 4 is 11.8 Å². The van der Waals surface area contributed by atoms with Crippen molar-refractivity contribution in [3.8, 4) is 5.75 Å². The summed E-state index contributed by atoms with van der Waals surface area (Å²) in [5, 5.41) is 5.39. The van der Waals surface area contributed by atoms with Gasteiger partial charge in [-0.1, -0.05) is 18.2 Å². The first-order chi connectivity index (χ1) is 9.63. The highest BCUT2D eigenvalue weighted by Gasteiger charge is 2.06. The maximum atomic E-state index is 11.7. The third-order valence-corrected chi connectivity index (χ3v) is 2.71. The molecule has 0 aromatic heterocycles. The maximum Gasteiger partial charge on any atom is 0.220 e. The molecule has 0 aliphatic carbocycles. The molecule has 0 spiro atoms. The quantitative estimate of drug-likeness (QED) is 0.704. The van der Waals surface area contributed by atoms with Gasteiger partial charge < -0.3 is 15.4 Å². The average Bonchev–Trinajstić information content (AvgIpc) is 2.43. The Balaban J connectivity index is 2.32. The van der Waals surface area contributed by atoms with Gasteiger partial charge in [0.05, 0.1) is 6.61 Å². The Morgan fingerprint density at radius 3 is 2.55 bits per heavy atom. The summed E-state index contributed by atoms with van der Waals surface area (Å²) in [6.07, 6.45) is 1.05. The van der Waals surface area contributed by atoms with Crippen LogP contribution in [0.1, 0.15) is 25.8 Å². The summed E-state index contributed by atoms with van der Waals surface area (Å²) in [7, 11) is 0. The number of amides is 2. The molecule has 1 rings (SSSR count). The lowest BCUT2D eigenvalue weighted by Crippen LogP contribution is -2.33. The Morgan fingerprint density at radius 2 is 1.85 bits per heavy atom. The molecule has 1 aromatic carbocycles. The monoisotopic (exact) mass is 278 g/mol. The highest BCUT2D eigenvalue weighted by molar-refractivity contribution is 5.76. The molecule has 0 bridgehead atoms. The second kappa shape index (κ2) is 8.96. The van der Waals surface area contributed by atoms with Gasteiger partial charge >= 0.3 is 0 Å². The van der Waals surface area contributed by atoms with Gasteiger partial charge in [0, 0.05) is 26.4 Å². The van der Waals surface area contributed by atoms with Crippen LogP contribution in [0.2, 0.25) is 0 Å². The number of rotatable bonds is 8. The molecule has 0 saturated heterocycles. The molecule has 0 atom stereocenters. The van der Waals surface area contributed by atoms with Crippen molar-refractivity contribution in [1.29, 1.82) is 0 Å². The third kappa shape index (κ3) is 6.22. The van der Waals surface area contributed by atoms with Crippen LogP contribution in [0.3, 0.4) is 0 Å². The molecule has 0 heterocycles. The molecule has 0 fully saturated rings. The molecule has 5 nitrogen and oxygen atoms in total. The molecule has 0 saturated carbocycles. The second-order valence-corrected chi connectivity index (χ2v) is 4.37. The first-order valence-corrected chi connectivity index (χ1v) is 6.85. The van der Waals surface area contributed by atoms with Gasteiger partial charge in [-0.2, -0.15) is 0 Å². The fourth-order valence-electron chi connectivity index (χ4n) is 1.78. The van der Waals surface area contributed by atoms with E-state index in [-0.39, 0.29) is 11.8 Å². The van der Waals surface area contributed by atoms with E-state index in [4.69, 9.17) is 4.74 Å². The summed E-state index contributed by atoms with van der Waals surface area (Å²) < 4.78 is 5.51. The molecule has 0 aliphatic heterocycles. The lowest BCUT2D eigenvalue weighted by atomic mass is 10.1. The van der Waals surface area contributed by atoms with Crippen LogP contribution < -0.4 is 15.4 Å². The first kappa shape index (κ1) is 16.0. The fraction of sp³-hybridized carbons (Fsp3) is 0.467. The van der Waals surface area contributed by atoms with Crippen LogP contribution in [0.5, 0.6) is 5.75 Å². The van der Waals surface area contributed by atoms with Crippen LogP contribution in [-0.2, 0) is 16.0 Å². The molecule has 0 unspecified atom stereocenters. The maximum absolute atomic E-state index is 11.7. The van der Waals surface area contributed by atoms with E-state index in [9.17, 15) is 9.59 Å². The summed E-state index contributed by atoms with van der Waals surface area (Å²) in [6.45, 7) is 4.90. The number of hydrogen-bond donors (Lipinski definition) is 2. The Hall–Kier alpha value is -2.04. The predicted octanol–water partition coefficient (Wildman–Crippen LogP) is 1.27. The summed E-state index contributed by atoms with van der Waals surface area (Å²) in [6, 6.07) is 7.73. The van der Waals surface area contributed by atoms with Gasteiger partial charge in [-0.3, -0.25) is 9.59 Å². The van der Waals surface area contributed by atoms with E-state index in [1.54, 1.807) is 0 Å². The highest BCUT2D eigenvalue weighted by Crippen LogP contribution is 2.19. The zero-order valence-corrected chi connectivity index (χ0v) is 12.1. The van der Waals surface area contributed by atoms with Gasteiger partial charge in [0.1, 0.15) is 5.75 Å². The smallest absolute Gasteiger partial charge is 0.220 e. The summed E-state index contributed by atoms with van der Waals surface area (Å²) >= 11 is 0. The Kier molecular flexibility index (Phi) is 7.17. The Bertz CT molecular complexity index is 446. The third-order valence-electron chi connectivity index (χ3n) is 2.71. The van der Waals surface area contributed by atoms with E-state index in [2.05, 4.69) is 10.6 Å². The summed E-state index contributed by atoms with van der Waals surface area (Å²) in [5.41, 5.74) is 1.03. The number of carbonyl (C=O) groups excluding carboxylic acids is 2. The standard InChI is InChI=1S/C15H22N2O3/c1-3-20-14-7-5-4-6-13(14)8-9-15(19)17-11-10-16-12(2)18/h4-7H,3,8-11H2,1-2H3,(H,16,18)(H,17,19). The summed E-state index contributed by atoms with van der Waals surface area (Å²) in [4.78, 5) is 22.3. The van der Waals surface area contributed by atoms with Crippen LogP contribution in [0.4, 0.5) is 0 Å². The number of carbonyl (C=O) groups is 2. The molecular formula is C15H22N2O3. The lowest BCUT2D eigenvalue weighted by Gasteiger charge is -2.10. The van der Waals surface area contributed by atoms with Crippen LogP contribution in [0.25, 0.3) is 0 Å². The number of hydrogen-bond acceptors (Lipinski definition) is 3. The van der Waals surface area contributed by atoms with E-state index in [1.165, 1.54) is 6.92 Å². The summed E-state index contributed by atoms with van der Waals surface area (Å²) in [5.74, 6) is 0.715. The number of ether oxygens (including phenoxy) is 1. The average molecular weight is 278 g/mol. The Morgan fingerprint density at radius 1 is 1.15 bits per heavy atom. The fourth-order valence-corrected chi connectivity index (χ4v) is 1.78. The minimum Gasteiger partial charge on any atom is -0.494 e. The van der Waals surface area contributed by atoms with Gasteiger partial charge in [0.2, 0.25) is 11.8 Å². The van der Waals surface area contributed by atoms with Gasteiger partial charge in [-0.05, 0) is 25.0 Å². The number of benzene rings is 1. The number of para-hydroxylation sites is 1. The van der Waals surface area contributed by atoms with E-state index in [1.807, 2.05) is 31.2 Å².